The molecule has 4 nitrogen and oxygen atoms in total. The van der Waals surface area contributed by atoms with E-state index in [0.717, 1.165) is 25.3 Å². The number of aromatic amines is 1. The molecule has 13 heavy (non-hydrogen) atoms. The molecule has 0 fully saturated rings. The van der Waals surface area contributed by atoms with Gasteiger partial charge in [0.05, 0.1) is 6.33 Å². The van der Waals surface area contributed by atoms with Crippen molar-refractivity contribution in [3.05, 3.63) is 18.2 Å². The molecule has 0 bridgehead atoms. The minimum absolute atomic E-state index is 0.475. The van der Waals surface area contributed by atoms with Crippen LogP contribution in [-0.4, -0.2) is 29.7 Å². The van der Waals surface area contributed by atoms with Crippen LogP contribution in [0.2, 0.25) is 0 Å². The molecular weight excluding hydrogens is 166 g/mol. The average molecular weight is 183 g/mol. The number of nitrogens with one attached hydrogen (secondary N) is 2. The molecule has 0 aromatic carbocycles. The van der Waals surface area contributed by atoms with E-state index in [9.17, 15) is 0 Å². The first-order valence-electron chi connectivity index (χ1n) is 4.52. The molecular formula is C9H17N3O. The van der Waals surface area contributed by atoms with Gasteiger partial charge >= 0.3 is 0 Å². The molecule has 0 amide bonds. The number of imidazole rings is 1. The first-order valence-corrected chi connectivity index (χ1v) is 4.52. The Morgan fingerprint density at radius 2 is 2.54 bits per heavy atom. The third-order valence-corrected chi connectivity index (χ3v) is 1.95. The molecule has 0 aliphatic carbocycles. The SMILES string of the molecule is COCCC(C)NCc1cnc[nH]1. The predicted octanol–water partition coefficient (Wildman–Crippen LogP) is 0.924. The van der Waals surface area contributed by atoms with Crippen molar-refractivity contribution in [2.45, 2.75) is 25.9 Å². The molecule has 4 heteroatoms. The molecule has 2 N–H and O–H groups in total. The first kappa shape index (κ1) is 10.2. The molecule has 1 heterocycles. The Labute approximate surface area is 78.7 Å². The maximum Gasteiger partial charge on any atom is 0.0922 e. The van der Waals surface area contributed by atoms with Crippen molar-refractivity contribution in [3.8, 4) is 0 Å². The Morgan fingerprint density at radius 3 is 3.15 bits per heavy atom. The Morgan fingerprint density at radius 1 is 1.69 bits per heavy atom. The molecule has 74 valence electrons. The van der Waals surface area contributed by atoms with Gasteiger partial charge in [0.15, 0.2) is 0 Å². The van der Waals surface area contributed by atoms with Crippen molar-refractivity contribution >= 4 is 0 Å². The molecule has 1 aromatic heterocycles. The van der Waals surface area contributed by atoms with Crippen LogP contribution in [0.15, 0.2) is 12.5 Å². The highest BCUT2D eigenvalue weighted by atomic mass is 16.5. The summed E-state index contributed by atoms with van der Waals surface area (Å²) < 4.78 is 4.99. The van der Waals surface area contributed by atoms with Gasteiger partial charge in [-0.15, -0.1) is 0 Å². The zero-order valence-corrected chi connectivity index (χ0v) is 8.21. The van der Waals surface area contributed by atoms with Crippen LogP contribution in [0, 0.1) is 0 Å². The molecule has 1 rings (SSSR count). The molecule has 0 spiro atoms. The van der Waals surface area contributed by atoms with Gasteiger partial charge in [-0.25, -0.2) is 4.98 Å². The third-order valence-electron chi connectivity index (χ3n) is 1.95. The number of rotatable bonds is 6. The summed E-state index contributed by atoms with van der Waals surface area (Å²) in [7, 11) is 1.72. The van der Waals surface area contributed by atoms with Crippen molar-refractivity contribution in [2.24, 2.45) is 0 Å². The van der Waals surface area contributed by atoms with Gasteiger partial charge < -0.3 is 15.0 Å². The lowest BCUT2D eigenvalue weighted by Crippen LogP contribution is -2.26. The summed E-state index contributed by atoms with van der Waals surface area (Å²) in [5.41, 5.74) is 1.12. The van der Waals surface area contributed by atoms with Gasteiger partial charge in [0, 0.05) is 38.2 Å². The van der Waals surface area contributed by atoms with Gasteiger partial charge in [-0.2, -0.15) is 0 Å². The summed E-state index contributed by atoms with van der Waals surface area (Å²) in [6.07, 6.45) is 4.55. The van der Waals surface area contributed by atoms with Crippen LogP contribution in [0.5, 0.6) is 0 Å². The lowest BCUT2D eigenvalue weighted by molar-refractivity contribution is 0.184. The van der Waals surface area contributed by atoms with E-state index in [1.807, 2.05) is 6.20 Å². The monoisotopic (exact) mass is 183 g/mol. The zero-order valence-electron chi connectivity index (χ0n) is 8.21. The number of methoxy groups -OCH3 is 1. The van der Waals surface area contributed by atoms with E-state index >= 15 is 0 Å². The predicted molar refractivity (Wildman–Crippen MR) is 51.4 cm³/mol. The lowest BCUT2D eigenvalue weighted by atomic mass is 10.2. The maximum atomic E-state index is 4.99. The smallest absolute Gasteiger partial charge is 0.0922 e. The van der Waals surface area contributed by atoms with Gasteiger partial charge in [0.1, 0.15) is 0 Å². The van der Waals surface area contributed by atoms with E-state index in [0.29, 0.717) is 6.04 Å². The Kier molecular flexibility index (Phi) is 4.49. The maximum absolute atomic E-state index is 4.99. The van der Waals surface area contributed by atoms with Gasteiger partial charge in [-0.3, -0.25) is 0 Å². The van der Waals surface area contributed by atoms with Gasteiger partial charge in [-0.1, -0.05) is 0 Å². The number of hydrogen-bond acceptors (Lipinski definition) is 3. The summed E-state index contributed by atoms with van der Waals surface area (Å²) >= 11 is 0. The number of ether oxygens (including phenoxy) is 1. The Bertz CT molecular complexity index is 211. The van der Waals surface area contributed by atoms with Crippen LogP contribution in [0.25, 0.3) is 0 Å². The molecule has 0 radical (unpaired) electrons. The van der Waals surface area contributed by atoms with Crippen LogP contribution in [0.1, 0.15) is 19.0 Å². The summed E-state index contributed by atoms with van der Waals surface area (Å²) in [5.74, 6) is 0. The van der Waals surface area contributed by atoms with Gasteiger partial charge in [0.2, 0.25) is 0 Å². The van der Waals surface area contributed by atoms with E-state index in [4.69, 9.17) is 4.74 Å². The van der Waals surface area contributed by atoms with Crippen molar-refractivity contribution < 1.29 is 4.74 Å². The van der Waals surface area contributed by atoms with Crippen molar-refractivity contribution in [1.29, 1.82) is 0 Å². The normalized spacial score (nSPS) is 13.1. The van der Waals surface area contributed by atoms with Crippen LogP contribution in [0.4, 0.5) is 0 Å². The van der Waals surface area contributed by atoms with E-state index in [-0.39, 0.29) is 0 Å². The Balaban J connectivity index is 2.11. The van der Waals surface area contributed by atoms with Crippen molar-refractivity contribution in [3.63, 3.8) is 0 Å². The molecule has 0 aliphatic heterocycles. The lowest BCUT2D eigenvalue weighted by Gasteiger charge is -2.11. The average Bonchev–Trinajstić information content (AvgIpc) is 2.64. The number of hydrogen-bond donors (Lipinski definition) is 2. The van der Waals surface area contributed by atoms with Crippen LogP contribution in [-0.2, 0) is 11.3 Å². The third kappa shape index (κ3) is 4.05. The Hall–Kier alpha value is -0.870. The van der Waals surface area contributed by atoms with E-state index in [1.54, 1.807) is 13.4 Å². The summed E-state index contributed by atoms with van der Waals surface area (Å²) in [5, 5.41) is 3.37. The standard InChI is InChI=1S/C9H17N3O/c1-8(3-4-13-2)11-6-9-5-10-7-12-9/h5,7-8,11H,3-4,6H2,1-2H3,(H,10,12). The van der Waals surface area contributed by atoms with Crippen LogP contribution < -0.4 is 5.32 Å². The number of H-pyrrole nitrogens is 1. The summed E-state index contributed by atoms with van der Waals surface area (Å²) in [6, 6.07) is 0.475. The minimum Gasteiger partial charge on any atom is -0.385 e. The van der Waals surface area contributed by atoms with Gasteiger partial charge in [-0.05, 0) is 13.3 Å². The molecule has 0 saturated carbocycles. The highest BCUT2D eigenvalue weighted by molar-refractivity contribution is 4.93. The first-order chi connectivity index (χ1) is 6.33. The van der Waals surface area contributed by atoms with Crippen LogP contribution >= 0.6 is 0 Å². The highest BCUT2D eigenvalue weighted by Gasteiger charge is 2.00. The molecule has 0 aliphatic rings. The number of aromatic nitrogens is 2. The fourth-order valence-electron chi connectivity index (χ4n) is 1.06. The fraction of sp³-hybridized carbons (Fsp3) is 0.667. The quantitative estimate of drug-likeness (QED) is 0.689. The second kappa shape index (κ2) is 5.72. The largest absolute Gasteiger partial charge is 0.385 e. The van der Waals surface area contributed by atoms with E-state index in [2.05, 4.69) is 22.2 Å². The summed E-state index contributed by atoms with van der Waals surface area (Å²) in [4.78, 5) is 6.99. The highest BCUT2D eigenvalue weighted by Crippen LogP contribution is 1.94. The molecule has 1 unspecified atom stereocenters. The van der Waals surface area contributed by atoms with Crippen molar-refractivity contribution in [1.82, 2.24) is 15.3 Å². The topological polar surface area (TPSA) is 49.9 Å². The van der Waals surface area contributed by atoms with Gasteiger partial charge in [0.25, 0.3) is 0 Å². The molecule has 1 aromatic rings. The van der Waals surface area contributed by atoms with Crippen LogP contribution in [0.3, 0.4) is 0 Å². The van der Waals surface area contributed by atoms with E-state index < -0.39 is 0 Å². The zero-order chi connectivity index (χ0) is 9.52. The molecule has 0 saturated heterocycles. The summed E-state index contributed by atoms with van der Waals surface area (Å²) in [6.45, 7) is 3.79. The minimum atomic E-state index is 0.475. The molecule has 1 atom stereocenters. The second-order valence-corrected chi connectivity index (χ2v) is 3.14. The van der Waals surface area contributed by atoms with Crippen molar-refractivity contribution in [2.75, 3.05) is 13.7 Å². The second-order valence-electron chi connectivity index (χ2n) is 3.14. The van der Waals surface area contributed by atoms with E-state index in [1.165, 1.54) is 0 Å². The fourth-order valence-corrected chi connectivity index (χ4v) is 1.06. The number of nitrogens with zero attached hydrogens (tertiary/aromatic N) is 1.